The molecule has 0 aliphatic carbocycles. The normalized spacial score (nSPS) is 12.2. The molecule has 0 rings (SSSR count). The first-order valence-electron chi connectivity index (χ1n) is 7.78. The Bertz CT molecular complexity index is 311. The summed E-state index contributed by atoms with van der Waals surface area (Å²) in [5.74, 6) is 0.215. The van der Waals surface area contributed by atoms with E-state index in [1.165, 1.54) is 0 Å². The van der Waals surface area contributed by atoms with Gasteiger partial charge in [-0.15, -0.1) is 12.8 Å². The van der Waals surface area contributed by atoms with E-state index >= 15 is 0 Å². The van der Waals surface area contributed by atoms with Crippen molar-refractivity contribution in [3.63, 3.8) is 0 Å². The van der Waals surface area contributed by atoms with Crippen LogP contribution in [-0.4, -0.2) is 18.9 Å². The van der Waals surface area contributed by atoms with E-state index in [1.807, 2.05) is 20.9 Å². The quantitative estimate of drug-likeness (QED) is 0.516. The summed E-state index contributed by atoms with van der Waals surface area (Å²) in [5, 5.41) is 3.12. The molecule has 0 radical (unpaired) electrons. The summed E-state index contributed by atoms with van der Waals surface area (Å²) in [7, 11) is 1.85. The van der Waals surface area contributed by atoms with Crippen molar-refractivity contribution in [1.29, 1.82) is 0 Å². The zero-order chi connectivity index (χ0) is 17.3. The number of carbonyl (C=O) groups is 1. The number of allylic oxidation sites excluding steroid dienone is 4. The maximum Gasteiger partial charge on any atom is 0.147 e. The summed E-state index contributed by atoms with van der Waals surface area (Å²) in [6.45, 7) is 12.1. The minimum absolute atomic E-state index is 0.000601. The minimum Gasteiger partial charge on any atom is -0.310 e. The molecule has 0 bridgehead atoms. The summed E-state index contributed by atoms with van der Waals surface area (Å²) < 4.78 is 0. The molecule has 0 aromatic heterocycles. The Balaban J connectivity index is -0.000000739. The van der Waals surface area contributed by atoms with E-state index in [1.54, 1.807) is 6.92 Å². The van der Waals surface area contributed by atoms with Crippen molar-refractivity contribution in [1.82, 2.24) is 5.32 Å². The van der Waals surface area contributed by atoms with Gasteiger partial charge in [0, 0.05) is 0 Å². The van der Waals surface area contributed by atoms with Crippen molar-refractivity contribution in [2.75, 3.05) is 7.05 Å². The maximum absolute atomic E-state index is 11.5. The van der Waals surface area contributed by atoms with Crippen LogP contribution in [0, 0.1) is 18.3 Å². The molecule has 1 unspecified atom stereocenters. The van der Waals surface area contributed by atoms with Crippen LogP contribution in [0.25, 0.3) is 0 Å². The highest BCUT2D eigenvalue weighted by Gasteiger charge is 2.30. The van der Waals surface area contributed by atoms with E-state index in [0.717, 1.165) is 19.3 Å². The number of nitrogens with one attached hydrogen (secondary N) is 1. The lowest BCUT2D eigenvalue weighted by Gasteiger charge is -2.32. The maximum atomic E-state index is 11.5. The Morgan fingerprint density at radius 3 is 2.05 bits per heavy atom. The van der Waals surface area contributed by atoms with Crippen molar-refractivity contribution in [3.8, 4) is 12.8 Å². The van der Waals surface area contributed by atoms with Gasteiger partial charge in [0.2, 0.25) is 0 Å². The molecule has 0 spiro atoms. The zero-order valence-corrected chi connectivity index (χ0v) is 15.1. The third-order valence-electron chi connectivity index (χ3n) is 3.05. The fraction of sp³-hybridized carbons (Fsp3) is 0.632. The standard InChI is InChI=1S/C15H27NO.C2H6.C2H2/c1-6-7-8-9-10-11-12-15(3,4)14(16-5)13(2)17;2*1-2/h7-10,14,16H,6,11-12H2,1-5H3;1-2H3;1-2H/b8-7-,10-9-;;. The Morgan fingerprint density at radius 2 is 1.67 bits per heavy atom. The number of rotatable bonds is 8. The second-order valence-corrected chi connectivity index (χ2v) is 5.12. The van der Waals surface area contributed by atoms with Gasteiger partial charge in [-0.1, -0.05) is 58.9 Å². The van der Waals surface area contributed by atoms with Gasteiger partial charge in [-0.2, -0.15) is 0 Å². The van der Waals surface area contributed by atoms with Gasteiger partial charge in [-0.25, -0.2) is 0 Å². The lowest BCUT2D eigenvalue weighted by molar-refractivity contribution is -0.121. The van der Waals surface area contributed by atoms with E-state index in [4.69, 9.17) is 0 Å². The highest BCUT2D eigenvalue weighted by Crippen LogP contribution is 2.27. The molecule has 1 atom stereocenters. The van der Waals surface area contributed by atoms with Crippen molar-refractivity contribution < 1.29 is 4.79 Å². The number of carbonyl (C=O) groups excluding carboxylic acids is 1. The van der Waals surface area contributed by atoms with E-state index in [0.29, 0.717) is 0 Å². The molecule has 0 aromatic rings. The molecule has 0 heterocycles. The molecule has 2 heteroatoms. The van der Waals surface area contributed by atoms with Crippen molar-refractivity contribution in [2.24, 2.45) is 5.41 Å². The second kappa shape index (κ2) is 16.7. The molecule has 0 aromatic carbocycles. The molecular formula is C19H35NO. The molecule has 0 fully saturated rings. The van der Waals surface area contributed by atoms with Gasteiger partial charge >= 0.3 is 0 Å². The molecule has 0 saturated carbocycles. The summed E-state index contributed by atoms with van der Waals surface area (Å²) in [5.41, 5.74) is -0.000601. The number of likely N-dealkylation sites (N-methyl/N-ethyl adjacent to an activating group) is 1. The summed E-state index contributed by atoms with van der Waals surface area (Å²) in [6, 6.07) is -0.0536. The summed E-state index contributed by atoms with van der Waals surface area (Å²) >= 11 is 0. The van der Waals surface area contributed by atoms with Gasteiger partial charge in [0.1, 0.15) is 5.78 Å². The average Bonchev–Trinajstić information content (AvgIpc) is 2.47. The van der Waals surface area contributed by atoms with Crippen molar-refractivity contribution >= 4 is 5.78 Å². The fourth-order valence-electron chi connectivity index (χ4n) is 2.13. The van der Waals surface area contributed by atoms with Gasteiger partial charge in [-0.05, 0) is 38.6 Å². The summed E-state index contributed by atoms with van der Waals surface area (Å²) in [6.07, 6.45) is 19.5. The monoisotopic (exact) mass is 293 g/mol. The number of hydrogen-bond donors (Lipinski definition) is 1. The summed E-state index contributed by atoms with van der Waals surface area (Å²) in [4.78, 5) is 11.5. The first kappa shape index (κ1) is 24.7. The Kier molecular flexibility index (Phi) is 19.6. The molecular weight excluding hydrogens is 258 g/mol. The van der Waals surface area contributed by atoms with E-state index in [-0.39, 0.29) is 17.2 Å². The predicted molar refractivity (Wildman–Crippen MR) is 96.4 cm³/mol. The SMILES string of the molecule is C#C.CC.CC/C=C\C=C/CCC(C)(C)C(NC)C(C)=O. The number of Topliss-reactive ketones (excluding diaryl/α,β-unsaturated/α-hetero) is 1. The van der Waals surface area contributed by atoms with Crippen molar-refractivity contribution in [3.05, 3.63) is 24.3 Å². The topological polar surface area (TPSA) is 29.1 Å². The third kappa shape index (κ3) is 13.4. The zero-order valence-electron chi connectivity index (χ0n) is 15.1. The van der Waals surface area contributed by atoms with Gasteiger partial charge in [0.05, 0.1) is 6.04 Å². The first-order valence-corrected chi connectivity index (χ1v) is 7.78. The largest absolute Gasteiger partial charge is 0.310 e. The number of ketones is 1. The highest BCUT2D eigenvalue weighted by molar-refractivity contribution is 5.82. The molecule has 0 saturated heterocycles. The minimum atomic E-state index is -0.0536. The van der Waals surface area contributed by atoms with E-state index in [2.05, 4.69) is 63.2 Å². The van der Waals surface area contributed by atoms with Crippen LogP contribution in [0.3, 0.4) is 0 Å². The smallest absolute Gasteiger partial charge is 0.147 e. The van der Waals surface area contributed by atoms with Gasteiger partial charge in [-0.3, -0.25) is 4.79 Å². The van der Waals surface area contributed by atoms with Gasteiger partial charge in [0.25, 0.3) is 0 Å². The predicted octanol–water partition coefficient (Wildman–Crippen LogP) is 4.77. The molecule has 0 aliphatic heterocycles. The van der Waals surface area contributed by atoms with Crippen LogP contribution in [0.4, 0.5) is 0 Å². The van der Waals surface area contributed by atoms with Gasteiger partial charge in [0.15, 0.2) is 0 Å². The van der Waals surface area contributed by atoms with Crippen LogP contribution in [-0.2, 0) is 4.79 Å². The Labute approximate surface area is 133 Å². The van der Waals surface area contributed by atoms with Crippen LogP contribution in [0.2, 0.25) is 0 Å². The first-order chi connectivity index (χ1) is 9.95. The number of terminal acetylenes is 1. The molecule has 122 valence electrons. The van der Waals surface area contributed by atoms with Crippen LogP contribution in [0.5, 0.6) is 0 Å². The lowest BCUT2D eigenvalue weighted by Crippen LogP contribution is -2.45. The van der Waals surface area contributed by atoms with Crippen LogP contribution in [0.15, 0.2) is 24.3 Å². The van der Waals surface area contributed by atoms with Crippen molar-refractivity contribution in [2.45, 2.75) is 66.8 Å². The van der Waals surface area contributed by atoms with Crippen LogP contribution >= 0.6 is 0 Å². The van der Waals surface area contributed by atoms with E-state index < -0.39 is 0 Å². The lowest BCUT2D eigenvalue weighted by atomic mass is 9.78. The second-order valence-electron chi connectivity index (χ2n) is 5.12. The van der Waals surface area contributed by atoms with Gasteiger partial charge < -0.3 is 5.32 Å². The molecule has 1 N–H and O–H groups in total. The van der Waals surface area contributed by atoms with E-state index in [9.17, 15) is 4.79 Å². The molecule has 0 aliphatic rings. The molecule has 2 nitrogen and oxygen atoms in total. The Hall–Kier alpha value is -1.33. The fourth-order valence-corrected chi connectivity index (χ4v) is 2.13. The third-order valence-corrected chi connectivity index (χ3v) is 3.05. The number of hydrogen-bond acceptors (Lipinski definition) is 2. The highest BCUT2D eigenvalue weighted by atomic mass is 16.1. The van der Waals surface area contributed by atoms with Crippen LogP contribution < -0.4 is 5.32 Å². The van der Waals surface area contributed by atoms with Crippen LogP contribution in [0.1, 0.15) is 60.8 Å². The molecule has 21 heavy (non-hydrogen) atoms. The Morgan fingerprint density at radius 1 is 1.19 bits per heavy atom. The average molecular weight is 293 g/mol. The molecule has 0 amide bonds.